The smallest absolute Gasteiger partial charge is 0.291 e. The summed E-state index contributed by atoms with van der Waals surface area (Å²) in [6, 6.07) is 5.03. The molecule has 0 saturated carbocycles. The summed E-state index contributed by atoms with van der Waals surface area (Å²) in [5.41, 5.74) is 1.70. The Morgan fingerprint density at radius 1 is 1.32 bits per heavy atom. The van der Waals surface area contributed by atoms with Crippen molar-refractivity contribution in [3.63, 3.8) is 0 Å². The zero-order valence-electron chi connectivity index (χ0n) is 15.0. The number of H-pyrrole nitrogens is 1. The molecule has 0 spiro atoms. The lowest BCUT2D eigenvalue weighted by Gasteiger charge is -2.02. The highest BCUT2D eigenvalue weighted by Crippen LogP contribution is 2.25. The SMILES string of the molecule is COCCn1cc(NC(=O)c2ccc(-c3cn[nH]c3)o2)c(-c2ncccn2)n1. The largest absolute Gasteiger partial charge is 0.451 e. The van der Waals surface area contributed by atoms with Gasteiger partial charge in [0.1, 0.15) is 5.76 Å². The van der Waals surface area contributed by atoms with Crippen molar-refractivity contribution in [2.75, 3.05) is 19.0 Å². The van der Waals surface area contributed by atoms with E-state index in [0.29, 0.717) is 36.1 Å². The molecule has 0 aliphatic carbocycles. The highest BCUT2D eigenvalue weighted by Gasteiger charge is 2.19. The quantitative estimate of drug-likeness (QED) is 0.504. The summed E-state index contributed by atoms with van der Waals surface area (Å²) in [6.07, 6.45) is 8.25. The van der Waals surface area contributed by atoms with Crippen LogP contribution in [0.4, 0.5) is 5.69 Å². The van der Waals surface area contributed by atoms with Crippen molar-refractivity contribution >= 4 is 11.6 Å². The first-order valence-corrected chi connectivity index (χ1v) is 8.48. The number of nitrogens with one attached hydrogen (secondary N) is 2. The predicted molar refractivity (Wildman–Crippen MR) is 99.4 cm³/mol. The highest BCUT2D eigenvalue weighted by molar-refractivity contribution is 6.04. The Kier molecular flexibility index (Phi) is 4.93. The number of aromatic amines is 1. The van der Waals surface area contributed by atoms with E-state index >= 15 is 0 Å². The monoisotopic (exact) mass is 379 g/mol. The van der Waals surface area contributed by atoms with Crippen LogP contribution in [-0.4, -0.2) is 49.6 Å². The molecule has 142 valence electrons. The first-order chi connectivity index (χ1) is 13.7. The fourth-order valence-electron chi connectivity index (χ4n) is 2.58. The lowest BCUT2D eigenvalue weighted by molar-refractivity contribution is 0.0997. The third kappa shape index (κ3) is 3.67. The number of carbonyl (C=O) groups excluding carboxylic acids is 1. The predicted octanol–water partition coefficient (Wildman–Crippen LogP) is 2.22. The van der Waals surface area contributed by atoms with Crippen LogP contribution in [0.25, 0.3) is 22.8 Å². The maximum atomic E-state index is 12.7. The Bertz CT molecular complexity index is 1050. The van der Waals surface area contributed by atoms with Gasteiger partial charge in [0.15, 0.2) is 17.3 Å². The average Bonchev–Trinajstić information content (AvgIpc) is 3.46. The molecule has 0 aliphatic heterocycles. The van der Waals surface area contributed by atoms with E-state index < -0.39 is 5.91 Å². The van der Waals surface area contributed by atoms with E-state index in [4.69, 9.17) is 9.15 Å². The van der Waals surface area contributed by atoms with E-state index in [1.165, 1.54) is 0 Å². The van der Waals surface area contributed by atoms with Crippen LogP contribution < -0.4 is 5.32 Å². The minimum atomic E-state index is -0.404. The van der Waals surface area contributed by atoms with Crippen LogP contribution in [0.2, 0.25) is 0 Å². The van der Waals surface area contributed by atoms with Crippen LogP contribution >= 0.6 is 0 Å². The topological polar surface area (TPSA) is 124 Å². The molecule has 10 heteroatoms. The van der Waals surface area contributed by atoms with Crippen molar-refractivity contribution in [2.24, 2.45) is 0 Å². The van der Waals surface area contributed by atoms with Crippen molar-refractivity contribution in [1.29, 1.82) is 0 Å². The fraction of sp³-hybridized carbons (Fsp3) is 0.167. The van der Waals surface area contributed by atoms with Crippen LogP contribution in [-0.2, 0) is 11.3 Å². The molecule has 0 radical (unpaired) electrons. The molecule has 4 aromatic rings. The van der Waals surface area contributed by atoms with Crippen molar-refractivity contribution in [1.82, 2.24) is 29.9 Å². The summed E-state index contributed by atoms with van der Waals surface area (Å²) in [4.78, 5) is 21.1. The maximum absolute atomic E-state index is 12.7. The molecule has 0 bridgehead atoms. The number of nitrogens with zero attached hydrogens (tertiary/aromatic N) is 5. The van der Waals surface area contributed by atoms with Crippen molar-refractivity contribution < 1.29 is 13.9 Å². The molecule has 0 saturated heterocycles. The molecule has 0 fully saturated rings. The van der Waals surface area contributed by atoms with Gasteiger partial charge in [0.05, 0.1) is 30.6 Å². The molecule has 28 heavy (non-hydrogen) atoms. The van der Waals surface area contributed by atoms with Crippen LogP contribution in [0.1, 0.15) is 10.6 Å². The van der Waals surface area contributed by atoms with Gasteiger partial charge < -0.3 is 14.5 Å². The second-order valence-electron chi connectivity index (χ2n) is 5.82. The third-order valence-corrected chi connectivity index (χ3v) is 3.92. The molecule has 0 atom stereocenters. The number of hydrogen-bond acceptors (Lipinski definition) is 7. The van der Waals surface area contributed by atoms with Gasteiger partial charge in [0.25, 0.3) is 5.91 Å². The highest BCUT2D eigenvalue weighted by atomic mass is 16.5. The van der Waals surface area contributed by atoms with Gasteiger partial charge in [-0.15, -0.1) is 0 Å². The number of furan rings is 1. The van der Waals surface area contributed by atoms with E-state index in [2.05, 4.69) is 30.6 Å². The van der Waals surface area contributed by atoms with Crippen molar-refractivity contribution in [2.45, 2.75) is 6.54 Å². The Morgan fingerprint density at radius 3 is 2.93 bits per heavy atom. The first-order valence-electron chi connectivity index (χ1n) is 8.48. The van der Waals surface area contributed by atoms with Crippen molar-refractivity contribution in [3.05, 3.63) is 54.9 Å². The van der Waals surface area contributed by atoms with E-state index in [1.807, 2.05) is 0 Å². The second kappa shape index (κ2) is 7.84. The molecular weight excluding hydrogens is 362 g/mol. The molecule has 0 aromatic carbocycles. The minimum absolute atomic E-state index is 0.167. The Balaban J connectivity index is 1.59. The van der Waals surface area contributed by atoms with Crippen LogP contribution in [0, 0.1) is 0 Å². The second-order valence-corrected chi connectivity index (χ2v) is 5.82. The van der Waals surface area contributed by atoms with E-state index in [0.717, 1.165) is 5.56 Å². The number of methoxy groups -OCH3 is 1. The molecule has 4 rings (SSSR count). The molecule has 4 heterocycles. The molecule has 10 nitrogen and oxygen atoms in total. The van der Waals surface area contributed by atoms with E-state index in [1.54, 1.807) is 61.0 Å². The molecule has 1 amide bonds. The lowest BCUT2D eigenvalue weighted by Crippen LogP contribution is -2.11. The Morgan fingerprint density at radius 2 is 2.18 bits per heavy atom. The average molecular weight is 379 g/mol. The zero-order valence-corrected chi connectivity index (χ0v) is 15.0. The number of amides is 1. The summed E-state index contributed by atoms with van der Waals surface area (Å²) in [5.74, 6) is 0.716. The van der Waals surface area contributed by atoms with Gasteiger partial charge in [-0.2, -0.15) is 10.2 Å². The summed E-state index contributed by atoms with van der Waals surface area (Å²) in [7, 11) is 1.61. The van der Waals surface area contributed by atoms with Crippen molar-refractivity contribution in [3.8, 4) is 22.8 Å². The van der Waals surface area contributed by atoms with Gasteiger partial charge >= 0.3 is 0 Å². The van der Waals surface area contributed by atoms with E-state index in [-0.39, 0.29) is 5.76 Å². The fourth-order valence-corrected chi connectivity index (χ4v) is 2.58. The minimum Gasteiger partial charge on any atom is -0.451 e. The molecule has 2 N–H and O–H groups in total. The van der Waals surface area contributed by atoms with Gasteiger partial charge in [-0.25, -0.2) is 9.97 Å². The lowest BCUT2D eigenvalue weighted by atomic mass is 10.3. The van der Waals surface area contributed by atoms with Gasteiger partial charge in [-0.1, -0.05) is 0 Å². The Hall–Kier alpha value is -3.79. The zero-order chi connectivity index (χ0) is 19.3. The summed E-state index contributed by atoms with van der Waals surface area (Å²) in [6.45, 7) is 1.01. The van der Waals surface area contributed by atoms with Crippen LogP contribution in [0.5, 0.6) is 0 Å². The summed E-state index contributed by atoms with van der Waals surface area (Å²) < 4.78 is 12.4. The molecule has 4 aromatic heterocycles. The number of anilines is 1. The maximum Gasteiger partial charge on any atom is 0.291 e. The van der Waals surface area contributed by atoms with Gasteiger partial charge in [-0.3, -0.25) is 14.6 Å². The third-order valence-electron chi connectivity index (χ3n) is 3.92. The number of carbonyl (C=O) groups is 1. The Labute approximate surface area is 159 Å². The molecule has 0 unspecified atom stereocenters. The normalized spacial score (nSPS) is 10.9. The van der Waals surface area contributed by atoms with Gasteiger partial charge in [0, 0.05) is 31.9 Å². The summed E-state index contributed by atoms with van der Waals surface area (Å²) >= 11 is 0. The summed E-state index contributed by atoms with van der Waals surface area (Å²) in [5, 5.41) is 13.9. The van der Waals surface area contributed by atoms with Gasteiger partial charge in [-0.05, 0) is 18.2 Å². The van der Waals surface area contributed by atoms with Gasteiger partial charge in [0.2, 0.25) is 0 Å². The number of hydrogen-bond donors (Lipinski definition) is 2. The number of rotatable bonds is 7. The first kappa shape index (κ1) is 17.6. The number of aromatic nitrogens is 6. The standard InChI is InChI=1S/C18H17N7O3/c1-27-8-7-25-11-13(16(24-25)17-19-5-2-6-20-17)23-18(26)15-4-3-14(28-15)12-9-21-22-10-12/h2-6,9-11H,7-8H2,1H3,(H,21,22)(H,23,26). The van der Waals surface area contributed by atoms with Crippen LogP contribution in [0.3, 0.4) is 0 Å². The molecular formula is C18H17N7O3. The number of ether oxygens (including phenoxy) is 1. The molecule has 0 aliphatic rings. The van der Waals surface area contributed by atoms with Crippen LogP contribution in [0.15, 0.2) is 53.6 Å². The van der Waals surface area contributed by atoms with E-state index in [9.17, 15) is 4.79 Å².